The van der Waals surface area contributed by atoms with Crippen LogP contribution >= 0.6 is 0 Å². The summed E-state index contributed by atoms with van der Waals surface area (Å²) in [6.45, 7) is 14.0. The largest absolute Gasteiger partial charge is 0.443 e. The monoisotopic (exact) mass is 599 g/mol. The van der Waals surface area contributed by atoms with Gasteiger partial charge in [-0.25, -0.2) is 14.5 Å². The fraction of sp³-hybridized carbons (Fsp3) is 0.444. The Morgan fingerprint density at radius 3 is 2.05 bits per heavy atom. The Hall–Kier alpha value is -4.20. The second-order valence-corrected chi connectivity index (χ2v) is 13.5. The molecule has 2 heterocycles. The first-order chi connectivity index (χ1) is 20.7. The topological polar surface area (TPSA) is 89.0 Å². The number of piperidine rings is 1. The molecule has 8 heteroatoms. The fourth-order valence-corrected chi connectivity index (χ4v) is 5.31. The van der Waals surface area contributed by atoms with Gasteiger partial charge >= 0.3 is 12.2 Å². The van der Waals surface area contributed by atoms with Gasteiger partial charge in [0.1, 0.15) is 11.2 Å². The summed E-state index contributed by atoms with van der Waals surface area (Å²) < 4.78 is 11.0. The van der Waals surface area contributed by atoms with E-state index in [1.807, 2.05) is 53.6 Å². The maximum Gasteiger partial charge on any atom is 0.420 e. The van der Waals surface area contributed by atoms with Gasteiger partial charge in [-0.2, -0.15) is 0 Å². The molecule has 8 nitrogen and oxygen atoms in total. The number of pyridine rings is 1. The molecule has 1 unspecified atom stereocenters. The molecule has 1 aliphatic heterocycles. The number of hydrogen-bond acceptors (Lipinski definition) is 6. The van der Waals surface area contributed by atoms with Crippen molar-refractivity contribution in [1.29, 1.82) is 0 Å². The predicted molar refractivity (Wildman–Crippen MR) is 171 cm³/mol. The molecule has 3 aromatic rings. The van der Waals surface area contributed by atoms with Gasteiger partial charge in [0.25, 0.3) is 5.91 Å². The molecule has 1 aromatic heterocycles. The number of ether oxygens (including phenoxy) is 2. The molecule has 0 radical (unpaired) electrons. The zero-order chi connectivity index (χ0) is 32.1. The molecule has 234 valence electrons. The number of hydrogen-bond donors (Lipinski definition) is 0. The van der Waals surface area contributed by atoms with Gasteiger partial charge in [-0.1, -0.05) is 61.5 Å². The average molecular weight is 600 g/mol. The van der Waals surface area contributed by atoms with E-state index in [9.17, 15) is 14.4 Å². The zero-order valence-electron chi connectivity index (χ0n) is 27.0. The Bertz CT molecular complexity index is 1420. The number of carbonyl (C=O) groups is 3. The minimum Gasteiger partial charge on any atom is -0.443 e. The van der Waals surface area contributed by atoms with Crippen molar-refractivity contribution in [3.05, 3.63) is 101 Å². The first-order valence-electron chi connectivity index (χ1n) is 15.3. The molecule has 4 rings (SSSR count). The van der Waals surface area contributed by atoms with Crippen LogP contribution in [-0.2, 0) is 16.0 Å². The van der Waals surface area contributed by atoms with Gasteiger partial charge in [0, 0.05) is 31.4 Å². The van der Waals surface area contributed by atoms with Crippen LogP contribution < -0.4 is 0 Å². The van der Waals surface area contributed by atoms with Gasteiger partial charge in [0.15, 0.2) is 0 Å². The highest BCUT2D eigenvalue weighted by Crippen LogP contribution is 2.30. The molecule has 1 aliphatic rings. The lowest BCUT2D eigenvalue weighted by molar-refractivity contribution is -0.000275. The van der Waals surface area contributed by atoms with Crippen molar-refractivity contribution in [2.24, 2.45) is 0 Å². The van der Waals surface area contributed by atoms with Gasteiger partial charge in [0.2, 0.25) is 0 Å². The standard InChI is InChI=1S/C36H45N3O5/c1-25(27-13-9-8-10-14-27)30-21-31(23-37-22-30)32(40)38-18-16-28(17-19-38)29-15-11-12-26(20-29)24-39(33(41)43-35(2,3)4)34(42)44-36(5,6)7/h8-15,20-23,25,28H,16-19,24H2,1-7H3. The lowest BCUT2D eigenvalue weighted by atomic mass is 9.88. The molecular formula is C36H45N3O5. The number of imide groups is 1. The first kappa shape index (κ1) is 32.7. The Morgan fingerprint density at radius 2 is 1.45 bits per heavy atom. The Morgan fingerprint density at radius 1 is 0.841 bits per heavy atom. The van der Waals surface area contributed by atoms with Gasteiger partial charge in [-0.05, 0) is 88.6 Å². The molecule has 1 fully saturated rings. The number of benzene rings is 2. The summed E-state index contributed by atoms with van der Waals surface area (Å²) in [5, 5.41) is 0. The molecule has 44 heavy (non-hydrogen) atoms. The van der Waals surface area contributed by atoms with Crippen molar-refractivity contribution in [2.75, 3.05) is 13.1 Å². The van der Waals surface area contributed by atoms with Crippen molar-refractivity contribution in [2.45, 2.75) is 90.9 Å². The van der Waals surface area contributed by atoms with E-state index in [1.165, 1.54) is 5.56 Å². The highest BCUT2D eigenvalue weighted by atomic mass is 16.6. The SMILES string of the molecule is CC(c1ccccc1)c1cncc(C(=O)N2CCC(c3cccc(CN(C(=O)OC(C)(C)C)C(=O)OC(C)(C)C)c3)CC2)c1. The number of aromatic nitrogens is 1. The van der Waals surface area contributed by atoms with Crippen molar-refractivity contribution in [1.82, 2.24) is 14.8 Å². The summed E-state index contributed by atoms with van der Waals surface area (Å²) in [5.41, 5.74) is 3.19. The van der Waals surface area contributed by atoms with Crippen LogP contribution in [0.1, 0.15) is 106 Å². The summed E-state index contributed by atoms with van der Waals surface area (Å²) >= 11 is 0. The minimum atomic E-state index is -0.762. The van der Waals surface area contributed by atoms with Crippen LogP contribution in [0.25, 0.3) is 0 Å². The van der Waals surface area contributed by atoms with E-state index in [-0.39, 0.29) is 24.3 Å². The lowest BCUT2D eigenvalue weighted by Crippen LogP contribution is -2.43. The first-order valence-corrected chi connectivity index (χ1v) is 15.3. The molecule has 1 atom stereocenters. The van der Waals surface area contributed by atoms with Crippen LogP contribution in [0.15, 0.2) is 73.1 Å². The molecule has 0 N–H and O–H groups in total. The minimum absolute atomic E-state index is 0.00262. The van der Waals surface area contributed by atoms with E-state index >= 15 is 0 Å². The lowest BCUT2D eigenvalue weighted by Gasteiger charge is -2.32. The summed E-state index contributed by atoms with van der Waals surface area (Å²) in [6, 6.07) is 20.1. The average Bonchev–Trinajstić information content (AvgIpc) is 2.98. The van der Waals surface area contributed by atoms with Gasteiger partial charge in [0.05, 0.1) is 12.1 Å². The van der Waals surface area contributed by atoms with Crippen molar-refractivity contribution in [3.8, 4) is 0 Å². The van der Waals surface area contributed by atoms with E-state index in [0.29, 0.717) is 18.7 Å². The quantitative estimate of drug-likeness (QED) is 0.286. The summed E-state index contributed by atoms with van der Waals surface area (Å²) in [4.78, 5) is 46.7. The van der Waals surface area contributed by atoms with Crippen LogP contribution in [0.3, 0.4) is 0 Å². The zero-order valence-corrected chi connectivity index (χ0v) is 27.0. The van der Waals surface area contributed by atoms with E-state index in [4.69, 9.17) is 9.47 Å². The maximum atomic E-state index is 13.4. The van der Waals surface area contributed by atoms with Crippen molar-refractivity contribution >= 4 is 18.1 Å². The summed E-state index contributed by atoms with van der Waals surface area (Å²) in [7, 11) is 0. The normalized spacial score (nSPS) is 14.9. The van der Waals surface area contributed by atoms with Crippen molar-refractivity contribution < 1.29 is 23.9 Å². The van der Waals surface area contributed by atoms with Crippen LogP contribution in [0, 0.1) is 0 Å². The van der Waals surface area contributed by atoms with Gasteiger partial charge in [-0.3, -0.25) is 9.78 Å². The highest BCUT2D eigenvalue weighted by molar-refractivity contribution is 5.94. The maximum absolute atomic E-state index is 13.4. The highest BCUT2D eigenvalue weighted by Gasteiger charge is 2.32. The summed E-state index contributed by atoms with van der Waals surface area (Å²) in [5.74, 6) is 0.381. The smallest absolute Gasteiger partial charge is 0.420 e. The number of likely N-dealkylation sites (tertiary alicyclic amines) is 1. The second kappa shape index (κ2) is 13.6. The fourth-order valence-electron chi connectivity index (χ4n) is 5.31. The van der Waals surface area contributed by atoms with Gasteiger partial charge < -0.3 is 14.4 Å². The van der Waals surface area contributed by atoms with Crippen LogP contribution in [0.4, 0.5) is 9.59 Å². The molecule has 2 aromatic carbocycles. The van der Waals surface area contributed by atoms with E-state index in [2.05, 4.69) is 30.1 Å². The van der Waals surface area contributed by atoms with Crippen LogP contribution in [-0.4, -0.2) is 57.2 Å². The third-order valence-corrected chi connectivity index (χ3v) is 7.58. The second-order valence-electron chi connectivity index (χ2n) is 13.5. The van der Waals surface area contributed by atoms with E-state index < -0.39 is 23.4 Å². The number of amides is 3. The third kappa shape index (κ3) is 8.91. The number of nitrogens with zero attached hydrogens (tertiary/aromatic N) is 3. The molecule has 0 bridgehead atoms. The predicted octanol–water partition coefficient (Wildman–Crippen LogP) is 7.93. The Kier molecular flexibility index (Phi) is 10.1. The molecule has 1 saturated heterocycles. The van der Waals surface area contributed by atoms with Crippen LogP contribution in [0.5, 0.6) is 0 Å². The molecule has 0 aliphatic carbocycles. The number of carbonyl (C=O) groups excluding carboxylic acids is 3. The number of rotatable bonds is 6. The van der Waals surface area contributed by atoms with Crippen LogP contribution in [0.2, 0.25) is 0 Å². The van der Waals surface area contributed by atoms with E-state index in [1.54, 1.807) is 47.7 Å². The molecule has 0 spiro atoms. The van der Waals surface area contributed by atoms with Gasteiger partial charge in [-0.15, -0.1) is 0 Å². The summed E-state index contributed by atoms with van der Waals surface area (Å²) in [6.07, 6.45) is 3.61. The molecule has 0 saturated carbocycles. The van der Waals surface area contributed by atoms with Crippen molar-refractivity contribution in [3.63, 3.8) is 0 Å². The Labute approximate surface area is 261 Å². The molecule has 3 amide bonds. The third-order valence-electron chi connectivity index (χ3n) is 7.58. The van der Waals surface area contributed by atoms with E-state index in [0.717, 1.165) is 34.4 Å². The molecular weight excluding hydrogens is 554 g/mol. The Balaban J connectivity index is 1.42.